The van der Waals surface area contributed by atoms with Crippen LogP contribution < -0.4 is 5.73 Å². The monoisotopic (exact) mass is 324 g/mol. The number of nitrogens with zero attached hydrogens (tertiary/aromatic N) is 3. The van der Waals surface area contributed by atoms with E-state index in [1.54, 1.807) is 18.6 Å². The molecule has 1 amide bonds. The lowest BCUT2D eigenvalue weighted by Gasteiger charge is -2.51. The Morgan fingerprint density at radius 3 is 2.79 bits per heavy atom. The third kappa shape index (κ3) is 3.31. The van der Waals surface area contributed by atoms with Gasteiger partial charge in [0.25, 0.3) is 0 Å². The number of aromatic nitrogens is 2. The van der Waals surface area contributed by atoms with Crippen molar-refractivity contribution in [1.29, 1.82) is 0 Å². The number of carbonyl (C=O) groups is 1. The number of benzene rings is 1. The maximum atomic E-state index is 12.2. The smallest absolute Gasteiger partial charge is 0.238 e. The Morgan fingerprint density at radius 2 is 2.17 bits per heavy atom. The summed E-state index contributed by atoms with van der Waals surface area (Å²) in [5.74, 6) is -0.207. The summed E-state index contributed by atoms with van der Waals surface area (Å²) in [6.07, 6.45) is 8.46. The maximum absolute atomic E-state index is 12.2. The first kappa shape index (κ1) is 16.6. The SMILES string of the molecule is Cc1ccccc1CN1CCC1(CCCc1cnccn1)C(N)=O. The van der Waals surface area contributed by atoms with Crippen LogP contribution in [-0.4, -0.2) is 32.9 Å². The third-order valence-electron chi connectivity index (χ3n) is 5.12. The fourth-order valence-electron chi connectivity index (χ4n) is 3.47. The molecule has 1 aliphatic heterocycles. The maximum Gasteiger partial charge on any atom is 0.238 e. The highest BCUT2D eigenvalue weighted by Gasteiger charge is 2.48. The zero-order valence-corrected chi connectivity index (χ0v) is 14.1. The molecule has 2 N–H and O–H groups in total. The van der Waals surface area contributed by atoms with Gasteiger partial charge < -0.3 is 5.73 Å². The van der Waals surface area contributed by atoms with Crippen LogP contribution in [-0.2, 0) is 17.8 Å². The van der Waals surface area contributed by atoms with Crippen molar-refractivity contribution in [1.82, 2.24) is 14.9 Å². The normalized spacial score (nSPS) is 20.5. The molecule has 1 saturated heterocycles. The predicted octanol–water partition coefficient (Wildman–Crippen LogP) is 2.24. The fraction of sp³-hybridized carbons (Fsp3) is 0.421. The number of likely N-dealkylation sites (tertiary alicyclic amines) is 1. The summed E-state index contributed by atoms with van der Waals surface area (Å²) < 4.78 is 0. The Hall–Kier alpha value is -2.27. The molecule has 0 spiro atoms. The molecule has 126 valence electrons. The lowest BCUT2D eigenvalue weighted by molar-refractivity contribution is -0.141. The number of aryl methyl sites for hydroxylation is 2. The van der Waals surface area contributed by atoms with Crippen molar-refractivity contribution in [2.75, 3.05) is 6.54 Å². The Kier molecular flexibility index (Phi) is 4.90. The number of hydrogen-bond donors (Lipinski definition) is 1. The Bertz CT molecular complexity index is 704. The van der Waals surface area contributed by atoms with E-state index in [-0.39, 0.29) is 5.91 Å². The van der Waals surface area contributed by atoms with Gasteiger partial charge in [0.15, 0.2) is 0 Å². The van der Waals surface area contributed by atoms with E-state index in [1.165, 1.54) is 11.1 Å². The highest BCUT2D eigenvalue weighted by molar-refractivity contribution is 5.85. The van der Waals surface area contributed by atoms with Crippen LogP contribution >= 0.6 is 0 Å². The van der Waals surface area contributed by atoms with Crippen LogP contribution in [0.2, 0.25) is 0 Å². The second-order valence-corrected chi connectivity index (χ2v) is 6.54. The number of nitrogens with two attached hydrogens (primary N) is 1. The number of primary amides is 1. The highest BCUT2D eigenvalue weighted by Crippen LogP contribution is 2.37. The molecular formula is C19H24N4O. The summed E-state index contributed by atoms with van der Waals surface area (Å²) in [5, 5.41) is 0. The molecule has 0 saturated carbocycles. The van der Waals surface area contributed by atoms with Crippen molar-refractivity contribution < 1.29 is 4.79 Å². The first-order chi connectivity index (χ1) is 11.6. The van der Waals surface area contributed by atoms with Crippen LogP contribution in [0.4, 0.5) is 0 Å². The van der Waals surface area contributed by atoms with Gasteiger partial charge in [-0.15, -0.1) is 0 Å². The molecular weight excluding hydrogens is 300 g/mol. The standard InChI is InChI=1S/C19H24N4O/c1-15-5-2-3-6-16(15)14-23-12-9-19(23,18(20)24)8-4-7-17-13-21-10-11-22-17/h2-3,5-6,10-11,13H,4,7-9,12,14H2,1H3,(H2,20,24). The molecule has 5 nitrogen and oxygen atoms in total. The molecule has 1 aromatic heterocycles. The zero-order chi connectivity index (χ0) is 17.0. The average Bonchev–Trinajstić information content (AvgIpc) is 2.57. The predicted molar refractivity (Wildman–Crippen MR) is 93.1 cm³/mol. The second-order valence-electron chi connectivity index (χ2n) is 6.54. The van der Waals surface area contributed by atoms with E-state index in [1.807, 2.05) is 12.1 Å². The van der Waals surface area contributed by atoms with Crippen LogP contribution in [0.5, 0.6) is 0 Å². The Balaban J connectivity index is 1.65. The Morgan fingerprint density at radius 1 is 1.33 bits per heavy atom. The van der Waals surface area contributed by atoms with Crippen molar-refractivity contribution in [3.8, 4) is 0 Å². The van der Waals surface area contributed by atoms with Gasteiger partial charge in [0.05, 0.1) is 5.69 Å². The molecule has 2 heterocycles. The van der Waals surface area contributed by atoms with E-state index < -0.39 is 5.54 Å². The zero-order valence-electron chi connectivity index (χ0n) is 14.1. The summed E-state index contributed by atoms with van der Waals surface area (Å²) in [6.45, 7) is 3.80. The van der Waals surface area contributed by atoms with Gasteiger partial charge in [-0.25, -0.2) is 0 Å². The van der Waals surface area contributed by atoms with Gasteiger partial charge in [0, 0.05) is 31.7 Å². The van der Waals surface area contributed by atoms with Crippen molar-refractivity contribution in [3.63, 3.8) is 0 Å². The van der Waals surface area contributed by atoms with Gasteiger partial charge in [-0.3, -0.25) is 19.7 Å². The van der Waals surface area contributed by atoms with E-state index in [0.717, 1.165) is 44.5 Å². The molecule has 2 aromatic rings. The Labute approximate surface area is 142 Å². The number of amides is 1. The summed E-state index contributed by atoms with van der Waals surface area (Å²) in [4.78, 5) is 22.8. The van der Waals surface area contributed by atoms with Gasteiger partial charge in [0.2, 0.25) is 5.91 Å². The minimum absolute atomic E-state index is 0.207. The van der Waals surface area contributed by atoms with Gasteiger partial charge in [-0.05, 0) is 43.7 Å². The van der Waals surface area contributed by atoms with Crippen LogP contribution in [0.25, 0.3) is 0 Å². The van der Waals surface area contributed by atoms with Gasteiger partial charge in [0.1, 0.15) is 5.54 Å². The molecule has 0 radical (unpaired) electrons. The number of carbonyl (C=O) groups excluding carboxylic acids is 1. The average molecular weight is 324 g/mol. The van der Waals surface area contributed by atoms with E-state index in [2.05, 4.69) is 33.9 Å². The largest absolute Gasteiger partial charge is 0.368 e. The number of rotatable bonds is 7. The molecule has 1 unspecified atom stereocenters. The topological polar surface area (TPSA) is 72.1 Å². The summed E-state index contributed by atoms with van der Waals surface area (Å²) in [5.41, 5.74) is 8.75. The summed E-state index contributed by atoms with van der Waals surface area (Å²) in [6, 6.07) is 8.31. The quantitative estimate of drug-likeness (QED) is 0.848. The van der Waals surface area contributed by atoms with Gasteiger partial charge in [-0.1, -0.05) is 24.3 Å². The van der Waals surface area contributed by atoms with Gasteiger partial charge in [-0.2, -0.15) is 0 Å². The molecule has 5 heteroatoms. The van der Waals surface area contributed by atoms with Crippen LogP contribution in [0, 0.1) is 6.92 Å². The number of hydrogen-bond acceptors (Lipinski definition) is 4. The van der Waals surface area contributed by atoms with Crippen molar-refractivity contribution >= 4 is 5.91 Å². The van der Waals surface area contributed by atoms with Crippen molar-refractivity contribution in [3.05, 3.63) is 59.7 Å². The van der Waals surface area contributed by atoms with Crippen molar-refractivity contribution in [2.24, 2.45) is 5.73 Å². The molecule has 1 atom stereocenters. The van der Waals surface area contributed by atoms with E-state index in [9.17, 15) is 4.79 Å². The van der Waals surface area contributed by atoms with E-state index >= 15 is 0 Å². The molecule has 0 aliphatic carbocycles. The van der Waals surface area contributed by atoms with Gasteiger partial charge >= 0.3 is 0 Å². The second kappa shape index (κ2) is 7.09. The molecule has 3 rings (SSSR count). The summed E-state index contributed by atoms with van der Waals surface area (Å²) in [7, 11) is 0. The minimum Gasteiger partial charge on any atom is -0.368 e. The molecule has 1 aliphatic rings. The minimum atomic E-state index is -0.509. The van der Waals surface area contributed by atoms with Crippen LogP contribution in [0.15, 0.2) is 42.9 Å². The fourth-order valence-corrected chi connectivity index (χ4v) is 3.47. The summed E-state index contributed by atoms with van der Waals surface area (Å²) >= 11 is 0. The van der Waals surface area contributed by atoms with Crippen LogP contribution in [0.3, 0.4) is 0 Å². The highest BCUT2D eigenvalue weighted by atomic mass is 16.1. The lowest BCUT2D eigenvalue weighted by Crippen LogP contribution is -2.66. The van der Waals surface area contributed by atoms with E-state index in [4.69, 9.17) is 5.73 Å². The van der Waals surface area contributed by atoms with Crippen LogP contribution in [0.1, 0.15) is 36.1 Å². The molecule has 1 aromatic carbocycles. The first-order valence-electron chi connectivity index (χ1n) is 8.46. The van der Waals surface area contributed by atoms with E-state index in [0.29, 0.717) is 0 Å². The lowest BCUT2D eigenvalue weighted by atomic mass is 9.78. The molecule has 1 fully saturated rings. The molecule has 0 bridgehead atoms. The first-order valence-corrected chi connectivity index (χ1v) is 8.46. The molecule has 24 heavy (non-hydrogen) atoms. The third-order valence-corrected chi connectivity index (χ3v) is 5.12. The van der Waals surface area contributed by atoms with Crippen molar-refractivity contribution in [2.45, 2.75) is 44.7 Å².